The normalized spacial score (nSPS) is 21.0. The van der Waals surface area contributed by atoms with Crippen molar-refractivity contribution in [3.8, 4) is 6.07 Å². The van der Waals surface area contributed by atoms with Crippen molar-refractivity contribution in [1.82, 2.24) is 20.4 Å². The fraction of sp³-hybridized carbons (Fsp3) is 0.429. The molecule has 24 heavy (non-hydrogen) atoms. The Morgan fingerprint density at radius 2 is 2.17 bits per heavy atom. The van der Waals surface area contributed by atoms with E-state index in [2.05, 4.69) is 20.4 Å². The summed E-state index contributed by atoms with van der Waals surface area (Å²) in [6, 6.07) is 2.79. The minimum Gasteiger partial charge on any atom is -0.379 e. The Morgan fingerprint density at radius 1 is 1.38 bits per heavy atom. The maximum Gasteiger partial charge on any atom is 0.417 e. The predicted molar refractivity (Wildman–Crippen MR) is 76.1 cm³/mol. The van der Waals surface area contributed by atoms with E-state index < -0.39 is 11.7 Å². The van der Waals surface area contributed by atoms with Crippen molar-refractivity contribution in [2.45, 2.75) is 18.2 Å². The van der Waals surface area contributed by atoms with E-state index in [0.717, 1.165) is 6.07 Å². The van der Waals surface area contributed by atoms with E-state index in [4.69, 9.17) is 10.00 Å². The van der Waals surface area contributed by atoms with Gasteiger partial charge in [0.2, 0.25) is 0 Å². The lowest BCUT2D eigenvalue weighted by molar-refractivity contribution is -0.137. The molecule has 0 unspecified atom stereocenters. The van der Waals surface area contributed by atoms with Crippen LogP contribution in [-0.4, -0.2) is 46.7 Å². The molecule has 0 bridgehead atoms. The molecule has 10 heteroatoms. The number of ether oxygens (including phenoxy) is 1. The summed E-state index contributed by atoms with van der Waals surface area (Å²) in [6.07, 6.45) is -2.59. The van der Waals surface area contributed by atoms with Gasteiger partial charge in [0, 0.05) is 26.4 Å². The molecule has 0 amide bonds. The number of pyridine rings is 1. The molecular formula is C14H13F3N6O. The Balaban J connectivity index is 1.96. The molecule has 0 saturated carbocycles. The molecule has 1 fully saturated rings. The Bertz CT molecular complexity index is 755. The minimum absolute atomic E-state index is 0.0568. The number of anilines is 1. The second kappa shape index (κ2) is 6.09. The summed E-state index contributed by atoms with van der Waals surface area (Å²) in [4.78, 5) is 5.31. The Morgan fingerprint density at radius 3 is 2.75 bits per heavy atom. The fourth-order valence-corrected chi connectivity index (χ4v) is 2.82. The van der Waals surface area contributed by atoms with Crippen molar-refractivity contribution in [1.29, 1.82) is 5.26 Å². The molecule has 1 aliphatic rings. The number of H-pyrrole nitrogens is 1. The number of hydrogen-bond donors (Lipinski definition) is 1. The van der Waals surface area contributed by atoms with E-state index in [9.17, 15) is 13.2 Å². The average molecular weight is 338 g/mol. The van der Waals surface area contributed by atoms with Gasteiger partial charge in [-0.3, -0.25) is 0 Å². The van der Waals surface area contributed by atoms with Crippen LogP contribution in [0.3, 0.4) is 0 Å². The zero-order chi connectivity index (χ0) is 17.3. The Hall–Kier alpha value is -2.67. The fourth-order valence-electron chi connectivity index (χ4n) is 2.82. The molecule has 1 aliphatic heterocycles. The van der Waals surface area contributed by atoms with Crippen molar-refractivity contribution in [2.24, 2.45) is 0 Å². The molecule has 2 aromatic heterocycles. The lowest BCUT2D eigenvalue weighted by Crippen LogP contribution is -2.24. The van der Waals surface area contributed by atoms with Crippen molar-refractivity contribution in [2.75, 3.05) is 25.1 Å². The maximum atomic E-state index is 12.9. The topological polar surface area (TPSA) is 90.7 Å². The number of rotatable bonds is 3. The van der Waals surface area contributed by atoms with Crippen LogP contribution in [-0.2, 0) is 10.9 Å². The van der Waals surface area contributed by atoms with E-state index in [-0.39, 0.29) is 23.4 Å². The smallest absolute Gasteiger partial charge is 0.379 e. The van der Waals surface area contributed by atoms with Gasteiger partial charge in [-0.15, -0.1) is 0 Å². The van der Waals surface area contributed by atoms with Gasteiger partial charge in [0.05, 0.1) is 35.2 Å². The van der Waals surface area contributed by atoms with Gasteiger partial charge in [-0.1, -0.05) is 0 Å². The monoisotopic (exact) mass is 338 g/mol. The third-order valence-electron chi connectivity index (χ3n) is 4.02. The average Bonchev–Trinajstić information content (AvgIpc) is 3.22. The van der Waals surface area contributed by atoms with Crippen molar-refractivity contribution in [3.05, 3.63) is 35.4 Å². The van der Waals surface area contributed by atoms with E-state index >= 15 is 0 Å². The van der Waals surface area contributed by atoms with Crippen LogP contribution >= 0.6 is 0 Å². The first-order valence-electron chi connectivity index (χ1n) is 7.04. The highest BCUT2D eigenvalue weighted by Gasteiger charge is 2.38. The highest BCUT2D eigenvalue weighted by Crippen LogP contribution is 2.36. The maximum absolute atomic E-state index is 12.9. The van der Waals surface area contributed by atoms with Crippen molar-refractivity contribution in [3.63, 3.8) is 0 Å². The molecule has 7 nitrogen and oxygen atoms in total. The number of aromatic amines is 1. The van der Waals surface area contributed by atoms with Crippen LogP contribution < -0.4 is 4.90 Å². The van der Waals surface area contributed by atoms with Gasteiger partial charge in [0.1, 0.15) is 6.07 Å². The quantitative estimate of drug-likeness (QED) is 0.916. The summed E-state index contributed by atoms with van der Waals surface area (Å²) in [5, 5.41) is 19.4. The lowest BCUT2D eigenvalue weighted by Gasteiger charge is -2.20. The van der Waals surface area contributed by atoms with Crippen LogP contribution in [0.1, 0.15) is 22.9 Å². The van der Waals surface area contributed by atoms with Gasteiger partial charge in [0.25, 0.3) is 0 Å². The molecule has 126 valence electrons. The summed E-state index contributed by atoms with van der Waals surface area (Å²) in [6.45, 7) is 0.675. The second-order valence-corrected chi connectivity index (χ2v) is 5.38. The summed E-state index contributed by atoms with van der Waals surface area (Å²) in [5.41, 5.74) is -0.155. The first-order chi connectivity index (χ1) is 11.4. The van der Waals surface area contributed by atoms with E-state index in [1.54, 1.807) is 11.1 Å². The summed E-state index contributed by atoms with van der Waals surface area (Å²) >= 11 is 0. The SMILES string of the molecule is CO[C@@H]1CN(c2cc(C(F)(F)F)cnc2C#N)C[C@H]1c1cn[nH]n1. The molecule has 1 saturated heterocycles. The Labute approximate surface area is 135 Å². The molecule has 0 aromatic carbocycles. The van der Waals surface area contributed by atoms with Crippen LogP contribution in [0, 0.1) is 11.3 Å². The van der Waals surface area contributed by atoms with E-state index in [0.29, 0.717) is 25.0 Å². The molecule has 0 spiro atoms. The van der Waals surface area contributed by atoms with Gasteiger partial charge in [-0.2, -0.15) is 33.8 Å². The minimum atomic E-state index is -4.53. The second-order valence-electron chi connectivity index (χ2n) is 5.38. The van der Waals surface area contributed by atoms with Gasteiger partial charge in [-0.05, 0) is 6.07 Å². The van der Waals surface area contributed by atoms with Crippen LogP contribution in [0.5, 0.6) is 0 Å². The summed E-state index contributed by atoms with van der Waals surface area (Å²) in [5.74, 6) is -0.171. The molecule has 3 rings (SSSR count). The molecule has 0 aliphatic carbocycles. The highest BCUT2D eigenvalue weighted by molar-refractivity contribution is 5.59. The Kier molecular flexibility index (Phi) is 4.11. The number of halogens is 3. The number of hydrogen-bond acceptors (Lipinski definition) is 6. The summed E-state index contributed by atoms with van der Waals surface area (Å²) < 4.78 is 44.3. The molecular weight excluding hydrogens is 325 g/mol. The number of methoxy groups -OCH3 is 1. The van der Waals surface area contributed by atoms with Crippen LogP contribution in [0.4, 0.5) is 18.9 Å². The van der Waals surface area contributed by atoms with Gasteiger partial charge < -0.3 is 9.64 Å². The molecule has 1 N–H and O–H groups in total. The standard InChI is InChI=1S/C14H13F3N6O/c1-24-13-7-23(6-9(13)11-5-20-22-21-11)12-2-8(14(15,16)17)4-19-10(12)3-18/h2,4-5,9,13H,6-7H2,1H3,(H,20,21,22)/t9-,13+/m0/s1. The number of aromatic nitrogens is 4. The van der Waals surface area contributed by atoms with Crippen LogP contribution in [0.25, 0.3) is 0 Å². The number of nitrogens with one attached hydrogen (secondary N) is 1. The molecule has 2 aromatic rings. The van der Waals surface area contributed by atoms with E-state index in [1.165, 1.54) is 7.11 Å². The van der Waals surface area contributed by atoms with Crippen molar-refractivity contribution < 1.29 is 17.9 Å². The largest absolute Gasteiger partial charge is 0.417 e. The zero-order valence-electron chi connectivity index (χ0n) is 12.6. The van der Waals surface area contributed by atoms with Gasteiger partial charge in [0.15, 0.2) is 5.69 Å². The highest BCUT2D eigenvalue weighted by atomic mass is 19.4. The molecule has 0 radical (unpaired) electrons. The number of alkyl halides is 3. The van der Waals surface area contributed by atoms with Gasteiger partial charge in [-0.25, -0.2) is 4.98 Å². The first kappa shape index (κ1) is 16.2. The van der Waals surface area contributed by atoms with Gasteiger partial charge >= 0.3 is 6.18 Å². The van der Waals surface area contributed by atoms with Crippen LogP contribution in [0.2, 0.25) is 0 Å². The van der Waals surface area contributed by atoms with E-state index in [1.807, 2.05) is 6.07 Å². The zero-order valence-corrected chi connectivity index (χ0v) is 12.6. The third-order valence-corrected chi connectivity index (χ3v) is 4.02. The summed E-state index contributed by atoms with van der Waals surface area (Å²) in [7, 11) is 1.52. The molecule has 3 heterocycles. The molecule has 2 atom stereocenters. The number of nitriles is 1. The van der Waals surface area contributed by atoms with Crippen molar-refractivity contribution >= 4 is 5.69 Å². The first-order valence-corrected chi connectivity index (χ1v) is 7.04. The third kappa shape index (κ3) is 2.90. The predicted octanol–water partition coefficient (Wildman–Crippen LogP) is 1.71. The lowest BCUT2D eigenvalue weighted by atomic mass is 10.0. The van der Waals surface area contributed by atoms with Crippen LogP contribution in [0.15, 0.2) is 18.5 Å². The number of nitrogens with zero attached hydrogens (tertiary/aromatic N) is 5.